The normalized spacial score (nSPS) is 15.3. The molecule has 1 fully saturated rings. The Labute approximate surface area is 112 Å². The fourth-order valence-electron chi connectivity index (χ4n) is 1.65. The summed E-state index contributed by atoms with van der Waals surface area (Å²) in [5.74, 6) is 1.79. The Hall–Kier alpha value is -0.540. The highest BCUT2D eigenvalue weighted by Crippen LogP contribution is 2.33. The number of ether oxygens (including phenoxy) is 1. The highest BCUT2D eigenvalue weighted by Gasteiger charge is 2.22. The maximum absolute atomic E-state index is 5.94. The lowest BCUT2D eigenvalue weighted by molar-refractivity contribution is 0.294. The average molecular weight is 298 g/mol. The van der Waals surface area contributed by atoms with E-state index in [0.29, 0.717) is 6.04 Å². The topological polar surface area (TPSA) is 21.3 Å². The molecule has 0 aromatic heterocycles. The van der Waals surface area contributed by atoms with Crippen molar-refractivity contribution in [2.75, 3.05) is 6.61 Å². The average Bonchev–Trinajstić information content (AvgIpc) is 3.08. The summed E-state index contributed by atoms with van der Waals surface area (Å²) in [5.41, 5.74) is 1.23. The Balaban J connectivity index is 2.03. The molecule has 0 heterocycles. The SMILES string of the molecule is CC(C)NCc1cccc(Br)c1OCC1CC1. The third-order valence-electron chi connectivity index (χ3n) is 2.91. The lowest BCUT2D eigenvalue weighted by Gasteiger charge is -2.15. The van der Waals surface area contributed by atoms with E-state index in [1.807, 2.05) is 6.07 Å². The van der Waals surface area contributed by atoms with Crippen LogP contribution in [-0.4, -0.2) is 12.6 Å². The standard InChI is InChI=1S/C14H20BrNO/c1-10(2)16-8-12-4-3-5-13(15)14(12)17-9-11-6-7-11/h3-5,10-11,16H,6-9H2,1-2H3. The molecule has 1 saturated carbocycles. The van der Waals surface area contributed by atoms with E-state index < -0.39 is 0 Å². The first-order valence-electron chi connectivity index (χ1n) is 6.30. The highest BCUT2D eigenvalue weighted by molar-refractivity contribution is 9.10. The Morgan fingerprint density at radius 2 is 2.18 bits per heavy atom. The van der Waals surface area contributed by atoms with Gasteiger partial charge >= 0.3 is 0 Å². The fourth-order valence-corrected chi connectivity index (χ4v) is 2.18. The molecule has 0 unspecified atom stereocenters. The summed E-state index contributed by atoms with van der Waals surface area (Å²) in [5, 5.41) is 3.43. The van der Waals surface area contributed by atoms with Gasteiger partial charge in [0.1, 0.15) is 5.75 Å². The van der Waals surface area contributed by atoms with E-state index in [9.17, 15) is 0 Å². The minimum Gasteiger partial charge on any atom is -0.492 e. The molecule has 1 aromatic carbocycles. The smallest absolute Gasteiger partial charge is 0.137 e. The van der Waals surface area contributed by atoms with Crippen molar-refractivity contribution in [3.63, 3.8) is 0 Å². The van der Waals surface area contributed by atoms with Crippen LogP contribution in [0.4, 0.5) is 0 Å². The van der Waals surface area contributed by atoms with Crippen LogP contribution < -0.4 is 10.1 Å². The van der Waals surface area contributed by atoms with Gasteiger partial charge in [-0.3, -0.25) is 0 Å². The lowest BCUT2D eigenvalue weighted by Crippen LogP contribution is -2.22. The Kier molecular flexibility index (Phi) is 4.46. The van der Waals surface area contributed by atoms with Gasteiger partial charge in [0, 0.05) is 18.2 Å². The maximum atomic E-state index is 5.94. The van der Waals surface area contributed by atoms with E-state index in [-0.39, 0.29) is 0 Å². The molecule has 0 spiro atoms. The van der Waals surface area contributed by atoms with Gasteiger partial charge in [-0.2, -0.15) is 0 Å². The molecule has 0 aliphatic heterocycles. The second kappa shape index (κ2) is 5.87. The Morgan fingerprint density at radius 3 is 2.82 bits per heavy atom. The Morgan fingerprint density at radius 1 is 1.41 bits per heavy atom. The summed E-state index contributed by atoms with van der Waals surface area (Å²) >= 11 is 3.57. The third-order valence-corrected chi connectivity index (χ3v) is 3.53. The molecular weight excluding hydrogens is 278 g/mol. The summed E-state index contributed by atoms with van der Waals surface area (Å²) in [6, 6.07) is 6.72. The van der Waals surface area contributed by atoms with Crippen LogP contribution in [0.3, 0.4) is 0 Å². The molecule has 0 amide bonds. The van der Waals surface area contributed by atoms with E-state index >= 15 is 0 Å². The molecule has 0 atom stereocenters. The number of nitrogens with one attached hydrogen (secondary N) is 1. The van der Waals surface area contributed by atoms with Gasteiger partial charge in [0.15, 0.2) is 0 Å². The zero-order valence-electron chi connectivity index (χ0n) is 10.5. The molecule has 0 saturated heterocycles. The van der Waals surface area contributed by atoms with Gasteiger partial charge in [-0.15, -0.1) is 0 Å². The summed E-state index contributed by atoms with van der Waals surface area (Å²) in [7, 11) is 0. The number of hydrogen-bond donors (Lipinski definition) is 1. The van der Waals surface area contributed by atoms with E-state index in [1.54, 1.807) is 0 Å². The van der Waals surface area contributed by atoms with Gasteiger partial charge in [-0.1, -0.05) is 26.0 Å². The summed E-state index contributed by atoms with van der Waals surface area (Å²) in [4.78, 5) is 0. The molecule has 17 heavy (non-hydrogen) atoms. The summed E-state index contributed by atoms with van der Waals surface area (Å²) < 4.78 is 6.99. The predicted octanol–water partition coefficient (Wildman–Crippen LogP) is 3.74. The van der Waals surface area contributed by atoms with Crippen LogP contribution in [0, 0.1) is 5.92 Å². The lowest BCUT2D eigenvalue weighted by atomic mass is 10.2. The minimum atomic E-state index is 0.491. The summed E-state index contributed by atoms with van der Waals surface area (Å²) in [6.45, 7) is 6.03. The van der Waals surface area contributed by atoms with Crippen molar-refractivity contribution in [1.82, 2.24) is 5.32 Å². The van der Waals surface area contributed by atoms with Crippen molar-refractivity contribution in [3.05, 3.63) is 28.2 Å². The van der Waals surface area contributed by atoms with E-state index in [4.69, 9.17) is 4.74 Å². The fraction of sp³-hybridized carbons (Fsp3) is 0.571. The van der Waals surface area contributed by atoms with Crippen molar-refractivity contribution >= 4 is 15.9 Å². The molecule has 0 radical (unpaired) electrons. The van der Waals surface area contributed by atoms with Crippen molar-refractivity contribution in [1.29, 1.82) is 0 Å². The predicted molar refractivity (Wildman–Crippen MR) is 74.3 cm³/mol. The van der Waals surface area contributed by atoms with Crippen molar-refractivity contribution < 1.29 is 4.74 Å². The van der Waals surface area contributed by atoms with Gasteiger partial charge in [0.05, 0.1) is 11.1 Å². The van der Waals surface area contributed by atoms with Gasteiger partial charge in [0.2, 0.25) is 0 Å². The van der Waals surface area contributed by atoms with Crippen LogP contribution in [0.15, 0.2) is 22.7 Å². The number of para-hydroxylation sites is 1. The summed E-state index contributed by atoms with van der Waals surface area (Å²) in [6.07, 6.45) is 2.65. The monoisotopic (exact) mass is 297 g/mol. The minimum absolute atomic E-state index is 0.491. The molecule has 2 rings (SSSR count). The maximum Gasteiger partial charge on any atom is 0.137 e. The van der Waals surface area contributed by atoms with Crippen molar-refractivity contribution in [2.45, 2.75) is 39.3 Å². The molecular formula is C14H20BrNO. The highest BCUT2D eigenvalue weighted by atomic mass is 79.9. The van der Waals surface area contributed by atoms with Crippen LogP contribution in [0.5, 0.6) is 5.75 Å². The first-order chi connectivity index (χ1) is 8.16. The molecule has 1 N–H and O–H groups in total. The molecule has 1 aliphatic carbocycles. The van der Waals surface area contributed by atoms with E-state index in [2.05, 4.69) is 47.2 Å². The van der Waals surface area contributed by atoms with E-state index in [1.165, 1.54) is 18.4 Å². The van der Waals surface area contributed by atoms with Gasteiger partial charge in [-0.25, -0.2) is 0 Å². The van der Waals surface area contributed by atoms with Gasteiger partial charge < -0.3 is 10.1 Å². The number of halogens is 1. The second-order valence-corrected chi connectivity index (χ2v) is 5.87. The molecule has 1 aromatic rings. The number of benzene rings is 1. The first kappa shape index (κ1) is 12.9. The molecule has 3 heteroatoms. The zero-order chi connectivity index (χ0) is 12.3. The van der Waals surface area contributed by atoms with Crippen molar-refractivity contribution in [3.8, 4) is 5.75 Å². The third kappa shape index (κ3) is 4.00. The van der Waals surface area contributed by atoms with Gasteiger partial charge in [0.25, 0.3) is 0 Å². The first-order valence-corrected chi connectivity index (χ1v) is 7.09. The number of hydrogen-bond acceptors (Lipinski definition) is 2. The Bertz CT molecular complexity index is 374. The van der Waals surface area contributed by atoms with Crippen molar-refractivity contribution in [2.24, 2.45) is 5.92 Å². The number of rotatable bonds is 6. The molecule has 2 nitrogen and oxygen atoms in total. The van der Waals surface area contributed by atoms with Crippen LogP contribution in [-0.2, 0) is 6.54 Å². The van der Waals surface area contributed by atoms with Crippen LogP contribution in [0.1, 0.15) is 32.3 Å². The quantitative estimate of drug-likeness (QED) is 0.864. The van der Waals surface area contributed by atoms with Crippen LogP contribution in [0.2, 0.25) is 0 Å². The van der Waals surface area contributed by atoms with Crippen LogP contribution in [0.25, 0.3) is 0 Å². The van der Waals surface area contributed by atoms with Gasteiger partial charge in [-0.05, 0) is 40.8 Å². The zero-order valence-corrected chi connectivity index (χ0v) is 12.1. The van der Waals surface area contributed by atoms with E-state index in [0.717, 1.165) is 29.3 Å². The molecule has 94 valence electrons. The van der Waals surface area contributed by atoms with Crippen LogP contribution >= 0.6 is 15.9 Å². The molecule has 1 aliphatic rings. The molecule has 0 bridgehead atoms. The largest absolute Gasteiger partial charge is 0.492 e. The second-order valence-electron chi connectivity index (χ2n) is 5.02.